The lowest BCUT2D eigenvalue weighted by Crippen LogP contribution is -2.59. The van der Waals surface area contributed by atoms with Gasteiger partial charge >= 0.3 is 5.97 Å². The highest BCUT2D eigenvalue weighted by Crippen LogP contribution is 2.35. The van der Waals surface area contributed by atoms with Gasteiger partial charge in [-0.15, -0.1) is 0 Å². The summed E-state index contributed by atoms with van der Waals surface area (Å²) < 4.78 is 42.0. The third kappa shape index (κ3) is 12.1. The Morgan fingerprint density at radius 3 is 2.13 bits per heavy atom. The van der Waals surface area contributed by atoms with Crippen LogP contribution in [0.1, 0.15) is 73.6 Å². The molecule has 0 radical (unpaired) electrons. The summed E-state index contributed by atoms with van der Waals surface area (Å²) in [6.45, 7) is 10.6. The molecule has 0 spiro atoms. The Morgan fingerprint density at radius 1 is 0.868 bits per heavy atom. The molecule has 14 heteroatoms. The lowest BCUT2D eigenvalue weighted by atomic mass is 9.80. The van der Waals surface area contributed by atoms with Crippen molar-refractivity contribution in [2.24, 2.45) is 23.7 Å². The molecular formula is C39H67NO13. The van der Waals surface area contributed by atoms with Gasteiger partial charge in [0.2, 0.25) is 0 Å². The van der Waals surface area contributed by atoms with E-state index in [0.717, 1.165) is 0 Å². The van der Waals surface area contributed by atoms with Gasteiger partial charge in [-0.2, -0.15) is 0 Å². The number of allylic oxidation sites excluding steroid dienone is 1. The zero-order valence-corrected chi connectivity index (χ0v) is 33.3. The van der Waals surface area contributed by atoms with Gasteiger partial charge in [0.15, 0.2) is 18.4 Å². The first kappa shape index (κ1) is 45.6. The molecule has 2 saturated heterocycles. The van der Waals surface area contributed by atoms with E-state index in [0.29, 0.717) is 31.3 Å². The first-order chi connectivity index (χ1) is 25.1. The number of carbonyl (C=O) groups excluding carboxylic acids is 2. The van der Waals surface area contributed by atoms with Gasteiger partial charge in [-0.1, -0.05) is 46.3 Å². The normalized spacial score (nSPS) is 41.3. The number of esters is 1. The first-order valence-corrected chi connectivity index (χ1v) is 19.2. The van der Waals surface area contributed by atoms with Gasteiger partial charge in [0, 0.05) is 38.0 Å². The largest absolute Gasteiger partial charge is 0.462 e. The molecule has 53 heavy (non-hydrogen) atoms. The Hall–Kier alpha value is -1.82. The number of likely N-dealkylation sites (N-methyl/N-ethyl adjacent to an activating group) is 1. The number of ether oxygens (including phenoxy) is 7. The molecular weight excluding hydrogens is 690 g/mol. The molecule has 4 N–H and O–H groups in total. The number of ketones is 1. The minimum absolute atomic E-state index is 0.0413. The molecule has 306 valence electrons. The predicted octanol–water partition coefficient (Wildman–Crippen LogP) is 2.39. The van der Waals surface area contributed by atoms with Crippen LogP contribution in [-0.2, 0) is 42.7 Å². The number of hydrogen-bond acceptors (Lipinski definition) is 14. The summed E-state index contributed by atoms with van der Waals surface area (Å²) in [5.41, 5.74) is 0.419. The Kier molecular flexibility index (Phi) is 18.5. The van der Waals surface area contributed by atoms with E-state index in [-0.39, 0.29) is 36.9 Å². The van der Waals surface area contributed by atoms with Gasteiger partial charge in [-0.3, -0.25) is 9.59 Å². The van der Waals surface area contributed by atoms with Crippen molar-refractivity contribution in [2.45, 2.75) is 147 Å². The van der Waals surface area contributed by atoms with Crippen LogP contribution in [0.4, 0.5) is 0 Å². The second-order valence-corrected chi connectivity index (χ2v) is 15.3. The van der Waals surface area contributed by atoms with Crippen LogP contribution in [0.15, 0.2) is 23.8 Å². The predicted molar refractivity (Wildman–Crippen MR) is 196 cm³/mol. The molecule has 16 atom stereocenters. The third-order valence-corrected chi connectivity index (χ3v) is 11.2. The molecule has 3 rings (SSSR count). The van der Waals surface area contributed by atoms with Crippen LogP contribution in [-0.4, -0.2) is 152 Å². The van der Waals surface area contributed by atoms with Crippen molar-refractivity contribution in [2.75, 3.05) is 41.5 Å². The Labute approximate surface area is 315 Å². The standard InChI is InChI=1S/C39H67NO13/c1-11-26-15-21(3)29(42)14-13-25(19-41)17-27(20-49-39-37(48-10)36(47-9)33(45)24(6)51-39)31(12-2)52-32(44)18-30(43)23(5)35(26)53-38-34(46)28(40(7)8)16-22(4)50-38/h13-14,17,21-24,26-28,30-31,33-39,41,43,45-46H,11-12,15-16,18-20H2,1-10H3. The van der Waals surface area contributed by atoms with Crippen molar-refractivity contribution >= 4 is 11.8 Å². The maximum atomic E-state index is 13.6. The average molecular weight is 758 g/mol. The van der Waals surface area contributed by atoms with Crippen molar-refractivity contribution in [3.8, 4) is 0 Å². The fourth-order valence-corrected chi connectivity index (χ4v) is 7.74. The molecule has 14 nitrogen and oxygen atoms in total. The molecule has 2 fully saturated rings. The number of methoxy groups -OCH3 is 2. The highest BCUT2D eigenvalue weighted by molar-refractivity contribution is 5.91. The summed E-state index contributed by atoms with van der Waals surface area (Å²) >= 11 is 0. The van der Waals surface area contributed by atoms with Gasteiger partial charge in [-0.05, 0) is 64.8 Å². The number of hydrogen-bond donors (Lipinski definition) is 4. The van der Waals surface area contributed by atoms with E-state index in [4.69, 9.17) is 33.2 Å². The second kappa shape index (κ2) is 21.5. The lowest BCUT2D eigenvalue weighted by Gasteiger charge is -2.44. The Balaban J connectivity index is 1.96. The molecule has 0 saturated carbocycles. The number of aliphatic hydroxyl groups excluding tert-OH is 4. The van der Waals surface area contributed by atoms with Gasteiger partial charge in [-0.25, -0.2) is 0 Å². The number of rotatable bonds is 11. The minimum Gasteiger partial charge on any atom is -0.462 e. The maximum absolute atomic E-state index is 13.6. The van der Waals surface area contributed by atoms with E-state index >= 15 is 0 Å². The number of nitrogens with zero attached hydrogens (tertiary/aromatic N) is 1. The van der Waals surface area contributed by atoms with Crippen molar-refractivity contribution in [3.63, 3.8) is 0 Å². The van der Waals surface area contributed by atoms with Crippen LogP contribution >= 0.6 is 0 Å². The van der Waals surface area contributed by atoms with Crippen LogP contribution in [0.3, 0.4) is 0 Å². The molecule has 0 bridgehead atoms. The fraction of sp³-hybridized carbons (Fsp3) is 0.846. The SMILES string of the molecule is CCC1CC(C)C(=O)C=CC(CO)=CC(COC2OC(C)C(O)C(OC)C2OC)C(CC)OC(=O)CC(O)C(C)C1OC1OC(C)CC(N(C)C)C1O. The van der Waals surface area contributed by atoms with E-state index in [1.165, 1.54) is 20.3 Å². The summed E-state index contributed by atoms with van der Waals surface area (Å²) in [5, 5.41) is 43.8. The van der Waals surface area contributed by atoms with Gasteiger partial charge in [0.05, 0.1) is 44.1 Å². The van der Waals surface area contributed by atoms with Gasteiger partial charge in [0.1, 0.15) is 30.5 Å². The van der Waals surface area contributed by atoms with Crippen LogP contribution in [0.2, 0.25) is 0 Å². The van der Waals surface area contributed by atoms with Crippen molar-refractivity contribution in [1.29, 1.82) is 0 Å². The zero-order valence-electron chi connectivity index (χ0n) is 33.3. The molecule has 0 aromatic heterocycles. The van der Waals surface area contributed by atoms with Crippen molar-refractivity contribution < 1.29 is 63.2 Å². The highest BCUT2D eigenvalue weighted by atomic mass is 16.7. The lowest BCUT2D eigenvalue weighted by molar-refractivity contribution is -0.304. The van der Waals surface area contributed by atoms with E-state index in [1.807, 2.05) is 46.7 Å². The number of carbonyl (C=O) groups is 2. The Morgan fingerprint density at radius 2 is 1.55 bits per heavy atom. The number of aliphatic hydroxyl groups is 4. The van der Waals surface area contributed by atoms with E-state index in [1.54, 1.807) is 26.0 Å². The molecule has 3 aliphatic heterocycles. The Bertz CT molecular complexity index is 1200. The van der Waals surface area contributed by atoms with Gasteiger partial charge < -0.3 is 58.5 Å². The van der Waals surface area contributed by atoms with E-state index in [9.17, 15) is 30.0 Å². The molecule has 0 aromatic rings. The minimum atomic E-state index is -1.18. The molecule has 3 heterocycles. The van der Waals surface area contributed by atoms with Crippen molar-refractivity contribution in [1.82, 2.24) is 4.90 Å². The smallest absolute Gasteiger partial charge is 0.308 e. The summed E-state index contributed by atoms with van der Waals surface area (Å²) in [6.07, 6.45) is -2.38. The molecule has 0 aliphatic carbocycles. The molecule has 3 aliphatic rings. The van der Waals surface area contributed by atoms with Crippen LogP contribution in [0.25, 0.3) is 0 Å². The van der Waals surface area contributed by atoms with E-state index < -0.39 is 91.7 Å². The summed E-state index contributed by atoms with van der Waals surface area (Å²) in [5.74, 6) is -2.69. The zero-order chi connectivity index (χ0) is 39.6. The molecule has 0 amide bonds. The molecule has 16 unspecified atom stereocenters. The number of cyclic esters (lactones) is 1. The maximum Gasteiger partial charge on any atom is 0.308 e. The monoisotopic (exact) mass is 757 g/mol. The quantitative estimate of drug-likeness (QED) is 0.226. The summed E-state index contributed by atoms with van der Waals surface area (Å²) in [6, 6.07) is -0.214. The topological polar surface area (TPSA) is 183 Å². The van der Waals surface area contributed by atoms with Crippen LogP contribution < -0.4 is 0 Å². The summed E-state index contributed by atoms with van der Waals surface area (Å²) in [7, 11) is 6.71. The summed E-state index contributed by atoms with van der Waals surface area (Å²) in [4.78, 5) is 29.0. The second-order valence-electron chi connectivity index (χ2n) is 15.3. The van der Waals surface area contributed by atoms with Gasteiger partial charge in [0.25, 0.3) is 0 Å². The molecule has 0 aromatic carbocycles. The van der Waals surface area contributed by atoms with Crippen molar-refractivity contribution in [3.05, 3.63) is 23.8 Å². The van der Waals surface area contributed by atoms with Crippen LogP contribution in [0.5, 0.6) is 0 Å². The highest BCUT2D eigenvalue weighted by Gasteiger charge is 2.46. The first-order valence-electron chi connectivity index (χ1n) is 19.2. The third-order valence-electron chi connectivity index (χ3n) is 11.2. The average Bonchev–Trinajstić information content (AvgIpc) is 3.12. The fourth-order valence-electron chi connectivity index (χ4n) is 7.74. The van der Waals surface area contributed by atoms with Crippen LogP contribution in [0, 0.1) is 23.7 Å². The van der Waals surface area contributed by atoms with E-state index in [2.05, 4.69) is 0 Å².